The van der Waals surface area contributed by atoms with Crippen LogP contribution in [0.3, 0.4) is 0 Å². The third kappa shape index (κ3) is 3.58. The second kappa shape index (κ2) is 6.80. The van der Waals surface area contributed by atoms with E-state index in [9.17, 15) is 4.79 Å². The number of amides is 1. The maximum absolute atomic E-state index is 12.8. The number of likely N-dealkylation sites (tertiary alicyclic amines) is 1. The van der Waals surface area contributed by atoms with Gasteiger partial charge in [-0.05, 0) is 50.8 Å². The van der Waals surface area contributed by atoms with Gasteiger partial charge in [-0.25, -0.2) is 0 Å². The van der Waals surface area contributed by atoms with E-state index in [0.717, 1.165) is 45.3 Å². The van der Waals surface area contributed by atoms with Crippen LogP contribution in [-0.4, -0.2) is 37.5 Å². The lowest BCUT2D eigenvalue weighted by Gasteiger charge is -2.23. The van der Waals surface area contributed by atoms with Gasteiger partial charge in [0.05, 0.1) is 5.41 Å². The minimum absolute atomic E-state index is 0. The maximum atomic E-state index is 12.8. The zero-order valence-corrected chi connectivity index (χ0v) is 13.5. The molecule has 1 atom stereocenters. The summed E-state index contributed by atoms with van der Waals surface area (Å²) < 4.78 is 0. The molecule has 1 unspecified atom stereocenters. The molecule has 0 radical (unpaired) electrons. The normalized spacial score (nSPS) is 22.7. The first-order valence-electron chi connectivity index (χ1n) is 7.71. The lowest BCUT2D eigenvalue weighted by molar-refractivity contribution is -0.136. The molecule has 3 nitrogen and oxygen atoms in total. The Labute approximate surface area is 133 Å². The molecule has 1 aliphatic heterocycles. The lowest BCUT2D eigenvalue weighted by Crippen LogP contribution is -2.37. The van der Waals surface area contributed by atoms with Crippen molar-refractivity contribution in [3.05, 3.63) is 35.9 Å². The van der Waals surface area contributed by atoms with E-state index < -0.39 is 0 Å². The fraction of sp³-hybridized carbons (Fsp3) is 0.588. The van der Waals surface area contributed by atoms with Gasteiger partial charge in [0.2, 0.25) is 5.91 Å². The Kier molecular flexibility index (Phi) is 5.28. The highest BCUT2D eigenvalue weighted by atomic mass is 35.5. The Hall–Kier alpha value is -1.06. The second-order valence-electron chi connectivity index (χ2n) is 6.41. The van der Waals surface area contributed by atoms with E-state index in [1.165, 1.54) is 5.56 Å². The summed E-state index contributed by atoms with van der Waals surface area (Å²) in [4.78, 5) is 14.9. The Morgan fingerprint density at radius 2 is 2.05 bits per heavy atom. The molecule has 0 aromatic heterocycles. The minimum atomic E-state index is -0.0735. The molecule has 3 rings (SSSR count). The summed E-state index contributed by atoms with van der Waals surface area (Å²) in [6.45, 7) is 2.91. The van der Waals surface area contributed by atoms with E-state index in [0.29, 0.717) is 11.8 Å². The van der Waals surface area contributed by atoms with Crippen LogP contribution in [0.4, 0.5) is 0 Å². The molecular formula is C17H25ClN2O. The van der Waals surface area contributed by atoms with Gasteiger partial charge in [0.25, 0.3) is 0 Å². The zero-order chi connectivity index (χ0) is 14.0. The fourth-order valence-corrected chi connectivity index (χ4v) is 3.41. The van der Waals surface area contributed by atoms with Gasteiger partial charge in [0.15, 0.2) is 0 Å². The van der Waals surface area contributed by atoms with Crippen molar-refractivity contribution in [2.24, 2.45) is 11.3 Å². The van der Waals surface area contributed by atoms with Crippen LogP contribution in [0.1, 0.15) is 24.8 Å². The average molecular weight is 309 g/mol. The number of halogens is 1. The molecule has 2 aliphatic rings. The molecule has 2 fully saturated rings. The molecule has 21 heavy (non-hydrogen) atoms. The Bertz CT molecular complexity index is 473. The SMILES string of the molecule is CNCC1CCN(C(=O)C2(Cc3ccccc3)CC2)C1.Cl. The molecule has 1 aromatic carbocycles. The van der Waals surface area contributed by atoms with Crippen LogP contribution >= 0.6 is 12.4 Å². The summed E-state index contributed by atoms with van der Waals surface area (Å²) in [5.41, 5.74) is 1.22. The van der Waals surface area contributed by atoms with Gasteiger partial charge < -0.3 is 10.2 Å². The van der Waals surface area contributed by atoms with Crippen LogP contribution in [-0.2, 0) is 11.2 Å². The van der Waals surface area contributed by atoms with E-state index in [1.807, 2.05) is 13.1 Å². The van der Waals surface area contributed by atoms with E-state index >= 15 is 0 Å². The van der Waals surface area contributed by atoms with Crippen molar-refractivity contribution >= 4 is 18.3 Å². The number of carbonyl (C=O) groups is 1. The van der Waals surface area contributed by atoms with Crippen molar-refractivity contribution in [2.45, 2.75) is 25.7 Å². The van der Waals surface area contributed by atoms with Crippen LogP contribution in [0.5, 0.6) is 0 Å². The molecule has 4 heteroatoms. The van der Waals surface area contributed by atoms with Gasteiger partial charge in [-0.2, -0.15) is 0 Å². The van der Waals surface area contributed by atoms with Gasteiger partial charge in [0.1, 0.15) is 0 Å². The van der Waals surface area contributed by atoms with Gasteiger partial charge in [-0.3, -0.25) is 4.79 Å². The first-order valence-corrected chi connectivity index (χ1v) is 7.71. The Morgan fingerprint density at radius 3 is 2.67 bits per heavy atom. The third-order valence-electron chi connectivity index (χ3n) is 4.76. The second-order valence-corrected chi connectivity index (χ2v) is 6.41. The maximum Gasteiger partial charge on any atom is 0.229 e. The number of nitrogens with one attached hydrogen (secondary N) is 1. The predicted octanol–water partition coefficient (Wildman–Crippen LogP) is 2.50. The predicted molar refractivity (Wildman–Crippen MR) is 87.7 cm³/mol. The summed E-state index contributed by atoms with van der Waals surface area (Å²) in [7, 11) is 1.99. The molecule has 1 aromatic rings. The molecule has 1 heterocycles. The van der Waals surface area contributed by atoms with Crippen molar-refractivity contribution < 1.29 is 4.79 Å². The Balaban J connectivity index is 0.00000161. The van der Waals surface area contributed by atoms with E-state index in [2.05, 4.69) is 34.5 Å². The van der Waals surface area contributed by atoms with Crippen LogP contribution in [0.25, 0.3) is 0 Å². The number of hydrogen-bond acceptors (Lipinski definition) is 2. The molecule has 0 bridgehead atoms. The standard InChI is InChI=1S/C17H24N2O.ClH/c1-18-12-15-7-10-19(13-15)16(20)17(8-9-17)11-14-5-3-2-4-6-14;/h2-6,15,18H,7-13H2,1H3;1H. The lowest BCUT2D eigenvalue weighted by atomic mass is 9.95. The number of rotatable bonds is 5. The number of nitrogens with zero attached hydrogens (tertiary/aromatic N) is 1. The van der Waals surface area contributed by atoms with E-state index in [1.54, 1.807) is 0 Å². The summed E-state index contributed by atoms with van der Waals surface area (Å²) in [6, 6.07) is 10.4. The highest BCUT2D eigenvalue weighted by Crippen LogP contribution is 2.50. The highest BCUT2D eigenvalue weighted by Gasteiger charge is 2.52. The van der Waals surface area contributed by atoms with Crippen molar-refractivity contribution in [3.63, 3.8) is 0 Å². The zero-order valence-electron chi connectivity index (χ0n) is 12.7. The number of benzene rings is 1. The van der Waals surface area contributed by atoms with Gasteiger partial charge in [-0.15, -0.1) is 12.4 Å². The molecule has 1 saturated carbocycles. The van der Waals surface area contributed by atoms with Crippen LogP contribution in [0.15, 0.2) is 30.3 Å². The molecule has 1 amide bonds. The number of hydrogen-bond donors (Lipinski definition) is 1. The molecule has 116 valence electrons. The monoisotopic (exact) mass is 308 g/mol. The van der Waals surface area contributed by atoms with Crippen LogP contribution in [0, 0.1) is 11.3 Å². The van der Waals surface area contributed by atoms with Crippen molar-refractivity contribution in [1.82, 2.24) is 10.2 Å². The summed E-state index contributed by atoms with van der Waals surface area (Å²) in [6.07, 6.45) is 4.19. The highest BCUT2D eigenvalue weighted by molar-refractivity contribution is 5.86. The summed E-state index contributed by atoms with van der Waals surface area (Å²) in [5.74, 6) is 1.04. The topological polar surface area (TPSA) is 32.3 Å². The molecular weight excluding hydrogens is 284 g/mol. The smallest absolute Gasteiger partial charge is 0.229 e. The van der Waals surface area contributed by atoms with Crippen LogP contribution < -0.4 is 5.32 Å². The molecule has 1 saturated heterocycles. The van der Waals surface area contributed by atoms with E-state index in [-0.39, 0.29) is 17.8 Å². The molecule has 0 spiro atoms. The third-order valence-corrected chi connectivity index (χ3v) is 4.76. The first kappa shape index (κ1) is 16.3. The molecule has 1 N–H and O–H groups in total. The molecule has 1 aliphatic carbocycles. The quantitative estimate of drug-likeness (QED) is 0.906. The average Bonchev–Trinajstić information content (AvgIpc) is 3.09. The largest absolute Gasteiger partial charge is 0.342 e. The van der Waals surface area contributed by atoms with Gasteiger partial charge >= 0.3 is 0 Å². The van der Waals surface area contributed by atoms with Gasteiger partial charge in [0, 0.05) is 13.1 Å². The Morgan fingerprint density at radius 1 is 1.33 bits per heavy atom. The summed E-state index contributed by atoms with van der Waals surface area (Å²) >= 11 is 0. The summed E-state index contributed by atoms with van der Waals surface area (Å²) in [5, 5.41) is 3.23. The van der Waals surface area contributed by atoms with Crippen molar-refractivity contribution in [3.8, 4) is 0 Å². The van der Waals surface area contributed by atoms with Crippen molar-refractivity contribution in [2.75, 3.05) is 26.7 Å². The van der Waals surface area contributed by atoms with Crippen LogP contribution in [0.2, 0.25) is 0 Å². The van der Waals surface area contributed by atoms with E-state index in [4.69, 9.17) is 0 Å². The number of carbonyl (C=O) groups excluding carboxylic acids is 1. The fourth-order valence-electron chi connectivity index (χ4n) is 3.41. The first-order chi connectivity index (χ1) is 9.73. The van der Waals surface area contributed by atoms with Crippen molar-refractivity contribution in [1.29, 1.82) is 0 Å². The van der Waals surface area contributed by atoms with Gasteiger partial charge in [-0.1, -0.05) is 30.3 Å². The minimum Gasteiger partial charge on any atom is -0.342 e.